The van der Waals surface area contributed by atoms with Crippen LogP contribution in [0.3, 0.4) is 0 Å². The third-order valence-electron chi connectivity index (χ3n) is 2.59. The summed E-state index contributed by atoms with van der Waals surface area (Å²) in [6.45, 7) is 9.05. The molecule has 1 atom stereocenters. The molecule has 4 nitrogen and oxygen atoms in total. The van der Waals surface area contributed by atoms with Gasteiger partial charge in [0.05, 0.1) is 0 Å². The molecule has 0 bridgehead atoms. The number of hydrogen-bond acceptors (Lipinski definition) is 2. The number of likely N-dealkylation sites (N-methyl/N-ethyl adjacent to an activating group) is 1. The summed E-state index contributed by atoms with van der Waals surface area (Å²) in [4.78, 5) is 26.4. The second kappa shape index (κ2) is 4.26. The molecule has 2 amide bonds. The van der Waals surface area contributed by atoms with E-state index in [4.69, 9.17) is 0 Å². The van der Waals surface area contributed by atoms with E-state index in [9.17, 15) is 9.59 Å². The molecule has 1 rings (SSSR count). The second-order valence-electron chi connectivity index (χ2n) is 3.33. The molecule has 1 unspecified atom stereocenters. The van der Waals surface area contributed by atoms with E-state index >= 15 is 0 Å². The molecule has 1 aliphatic rings. The highest BCUT2D eigenvalue weighted by Gasteiger charge is 2.32. The van der Waals surface area contributed by atoms with Crippen molar-refractivity contribution in [2.75, 3.05) is 19.6 Å². The molecule has 1 saturated heterocycles. The van der Waals surface area contributed by atoms with E-state index in [1.54, 1.807) is 16.7 Å². The molecule has 0 aromatic rings. The number of amides is 2. The van der Waals surface area contributed by atoms with E-state index in [1.165, 1.54) is 6.08 Å². The average molecular weight is 196 g/mol. The van der Waals surface area contributed by atoms with Crippen LogP contribution in [0.1, 0.15) is 13.8 Å². The summed E-state index contributed by atoms with van der Waals surface area (Å²) in [7, 11) is 0. The van der Waals surface area contributed by atoms with Crippen LogP contribution in [0.4, 0.5) is 0 Å². The number of nitrogens with zero attached hydrogens (tertiary/aromatic N) is 2. The zero-order valence-electron chi connectivity index (χ0n) is 8.69. The minimum Gasteiger partial charge on any atom is -0.339 e. The van der Waals surface area contributed by atoms with Gasteiger partial charge in [0.1, 0.15) is 6.04 Å². The highest BCUT2D eigenvalue weighted by atomic mass is 16.2. The molecule has 0 spiro atoms. The predicted octanol–water partition coefficient (Wildman–Crippen LogP) is 0.252. The number of carbonyl (C=O) groups excluding carboxylic acids is 2. The number of hydrogen-bond donors (Lipinski definition) is 0. The Morgan fingerprint density at radius 2 is 2.29 bits per heavy atom. The molecule has 0 aromatic carbocycles. The molecule has 4 heteroatoms. The summed E-state index contributed by atoms with van der Waals surface area (Å²) in [5.74, 6) is -0.143. The van der Waals surface area contributed by atoms with Crippen molar-refractivity contribution < 1.29 is 9.59 Å². The molecule has 78 valence electrons. The van der Waals surface area contributed by atoms with Crippen molar-refractivity contribution >= 4 is 11.8 Å². The number of rotatable bonds is 2. The van der Waals surface area contributed by atoms with E-state index in [0.29, 0.717) is 19.6 Å². The maximum atomic E-state index is 11.7. The van der Waals surface area contributed by atoms with Gasteiger partial charge in [0.15, 0.2) is 0 Å². The minimum absolute atomic E-state index is 0.0222. The first-order valence-corrected chi connectivity index (χ1v) is 4.83. The summed E-state index contributed by atoms with van der Waals surface area (Å²) < 4.78 is 0. The first-order valence-electron chi connectivity index (χ1n) is 4.83. The van der Waals surface area contributed by atoms with Crippen molar-refractivity contribution in [1.29, 1.82) is 0 Å². The van der Waals surface area contributed by atoms with Gasteiger partial charge < -0.3 is 9.80 Å². The summed E-state index contributed by atoms with van der Waals surface area (Å²) >= 11 is 0. The highest BCUT2D eigenvalue weighted by Crippen LogP contribution is 2.11. The second-order valence-corrected chi connectivity index (χ2v) is 3.33. The maximum Gasteiger partial charge on any atom is 0.246 e. The molecule has 0 N–H and O–H groups in total. The molecule has 0 saturated carbocycles. The van der Waals surface area contributed by atoms with E-state index in [-0.39, 0.29) is 17.9 Å². The Bertz CT molecular complexity index is 263. The number of carbonyl (C=O) groups is 2. The third-order valence-corrected chi connectivity index (χ3v) is 2.59. The van der Waals surface area contributed by atoms with Gasteiger partial charge >= 0.3 is 0 Å². The van der Waals surface area contributed by atoms with Crippen molar-refractivity contribution in [3.63, 3.8) is 0 Å². The van der Waals surface area contributed by atoms with Crippen molar-refractivity contribution in [2.24, 2.45) is 0 Å². The van der Waals surface area contributed by atoms with Gasteiger partial charge in [-0.25, -0.2) is 0 Å². The van der Waals surface area contributed by atoms with Gasteiger partial charge in [-0.15, -0.1) is 0 Å². The van der Waals surface area contributed by atoms with Gasteiger partial charge in [-0.3, -0.25) is 9.59 Å². The fourth-order valence-corrected chi connectivity index (χ4v) is 1.66. The third kappa shape index (κ3) is 1.78. The average Bonchev–Trinajstić information content (AvgIpc) is 2.21. The van der Waals surface area contributed by atoms with E-state index in [2.05, 4.69) is 6.58 Å². The van der Waals surface area contributed by atoms with Crippen LogP contribution in [0.25, 0.3) is 0 Å². The Kier molecular flexibility index (Phi) is 3.28. The van der Waals surface area contributed by atoms with Gasteiger partial charge in [0.2, 0.25) is 11.8 Å². The molecule has 0 aromatic heterocycles. The number of piperazine rings is 1. The van der Waals surface area contributed by atoms with Crippen LogP contribution in [0.5, 0.6) is 0 Å². The van der Waals surface area contributed by atoms with Crippen molar-refractivity contribution in [2.45, 2.75) is 19.9 Å². The lowest BCUT2D eigenvalue weighted by molar-refractivity contribution is -0.148. The molecule has 1 heterocycles. The fourth-order valence-electron chi connectivity index (χ4n) is 1.66. The van der Waals surface area contributed by atoms with Crippen molar-refractivity contribution in [3.8, 4) is 0 Å². The van der Waals surface area contributed by atoms with E-state index in [0.717, 1.165) is 0 Å². The van der Waals surface area contributed by atoms with Crippen LogP contribution in [-0.4, -0.2) is 47.3 Å². The first-order chi connectivity index (χ1) is 6.61. The van der Waals surface area contributed by atoms with Gasteiger partial charge in [0, 0.05) is 19.6 Å². The van der Waals surface area contributed by atoms with Crippen LogP contribution in [0.15, 0.2) is 12.7 Å². The Morgan fingerprint density at radius 1 is 1.64 bits per heavy atom. The van der Waals surface area contributed by atoms with Gasteiger partial charge in [0.25, 0.3) is 0 Å². The summed E-state index contributed by atoms with van der Waals surface area (Å²) in [6.07, 6.45) is 1.26. The monoisotopic (exact) mass is 196 g/mol. The summed E-state index contributed by atoms with van der Waals surface area (Å²) in [6, 6.07) is -0.353. The lowest BCUT2D eigenvalue weighted by atomic mass is 10.1. The van der Waals surface area contributed by atoms with Crippen LogP contribution in [-0.2, 0) is 9.59 Å². The topological polar surface area (TPSA) is 40.6 Å². The Morgan fingerprint density at radius 3 is 2.79 bits per heavy atom. The molecule has 0 radical (unpaired) electrons. The standard InChI is InChI=1S/C10H16N2O2/c1-4-9(13)12-7-6-11(5-2)10(14)8(12)3/h4,8H,1,5-7H2,2-3H3. The fraction of sp³-hybridized carbons (Fsp3) is 0.600. The maximum absolute atomic E-state index is 11.7. The van der Waals surface area contributed by atoms with Crippen LogP contribution in [0.2, 0.25) is 0 Å². The van der Waals surface area contributed by atoms with Crippen molar-refractivity contribution in [3.05, 3.63) is 12.7 Å². The smallest absolute Gasteiger partial charge is 0.246 e. The zero-order valence-corrected chi connectivity index (χ0v) is 8.69. The molecule has 1 aliphatic heterocycles. The van der Waals surface area contributed by atoms with Crippen molar-refractivity contribution in [1.82, 2.24) is 9.80 Å². The zero-order chi connectivity index (χ0) is 10.7. The lowest BCUT2D eigenvalue weighted by Gasteiger charge is -2.38. The Labute approximate surface area is 84.2 Å². The van der Waals surface area contributed by atoms with Crippen LogP contribution in [0, 0.1) is 0 Å². The van der Waals surface area contributed by atoms with E-state index < -0.39 is 0 Å². The largest absolute Gasteiger partial charge is 0.339 e. The quantitative estimate of drug-likeness (QED) is 0.594. The van der Waals surface area contributed by atoms with Crippen LogP contribution >= 0.6 is 0 Å². The highest BCUT2D eigenvalue weighted by molar-refractivity contribution is 5.93. The van der Waals surface area contributed by atoms with Gasteiger partial charge in [-0.05, 0) is 19.9 Å². The predicted molar refractivity (Wildman–Crippen MR) is 53.6 cm³/mol. The lowest BCUT2D eigenvalue weighted by Crippen LogP contribution is -2.57. The van der Waals surface area contributed by atoms with Gasteiger partial charge in [-0.2, -0.15) is 0 Å². The van der Waals surface area contributed by atoms with Gasteiger partial charge in [-0.1, -0.05) is 6.58 Å². The molecular weight excluding hydrogens is 180 g/mol. The summed E-state index contributed by atoms with van der Waals surface area (Å²) in [5.41, 5.74) is 0. The Hall–Kier alpha value is -1.32. The SMILES string of the molecule is C=CC(=O)N1CCN(CC)C(=O)C1C. The summed E-state index contributed by atoms with van der Waals surface area (Å²) in [5, 5.41) is 0. The molecule has 0 aliphatic carbocycles. The molecule has 1 fully saturated rings. The van der Waals surface area contributed by atoms with E-state index in [1.807, 2.05) is 6.92 Å². The normalized spacial score (nSPS) is 22.4. The minimum atomic E-state index is -0.353. The molecule has 14 heavy (non-hydrogen) atoms. The van der Waals surface area contributed by atoms with Crippen LogP contribution < -0.4 is 0 Å². The first kappa shape index (κ1) is 10.8. The molecular formula is C10H16N2O2. The Balaban J connectivity index is 2.73.